The van der Waals surface area contributed by atoms with Gasteiger partial charge < -0.3 is 5.73 Å². The van der Waals surface area contributed by atoms with E-state index in [4.69, 9.17) is 5.73 Å². The summed E-state index contributed by atoms with van der Waals surface area (Å²) >= 11 is 0. The molecular weight excluding hydrogens is 174 g/mol. The van der Waals surface area contributed by atoms with Crippen LogP contribution in [0.3, 0.4) is 0 Å². The van der Waals surface area contributed by atoms with Crippen LogP contribution in [0.1, 0.15) is 32.3 Å². The summed E-state index contributed by atoms with van der Waals surface area (Å²) in [6.45, 7) is 7.20. The summed E-state index contributed by atoms with van der Waals surface area (Å²) in [7, 11) is 0. The van der Waals surface area contributed by atoms with Crippen LogP contribution in [0, 0.1) is 5.41 Å². The Bertz CT molecular complexity index is 289. The van der Waals surface area contributed by atoms with Gasteiger partial charge >= 0.3 is 0 Å². The quantitative estimate of drug-likeness (QED) is 0.792. The van der Waals surface area contributed by atoms with Gasteiger partial charge in [-0.3, -0.25) is 0 Å². The molecule has 0 fully saturated rings. The monoisotopic (exact) mass is 193 g/mol. The van der Waals surface area contributed by atoms with E-state index in [9.17, 15) is 0 Å². The number of nitrogens with zero attached hydrogens (tertiary/aromatic N) is 2. The third-order valence-electron chi connectivity index (χ3n) is 1.85. The van der Waals surface area contributed by atoms with E-state index in [-0.39, 0.29) is 5.41 Å². The van der Waals surface area contributed by atoms with Crippen LogP contribution < -0.4 is 5.73 Å². The van der Waals surface area contributed by atoms with Crippen molar-refractivity contribution in [2.45, 2.75) is 33.6 Å². The van der Waals surface area contributed by atoms with Crippen LogP contribution in [0.2, 0.25) is 0 Å². The van der Waals surface area contributed by atoms with E-state index in [1.54, 1.807) is 0 Å². The minimum Gasteiger partial charge on any atom is -0.330 e. The summed E-state index contributed by atoms with van der Waals surface area (Å²) in [6.07, 6.45) is 3.56. The highest BCUT2D eigenvalue weighted by Crippen LogP contribution is 2.17. The van der Waals surface area contributed by atoms with Crippen LogP contribution >= 0.6 is 0 Å². The molecule has 0 aliphatic heterocycles. The lowest BCUT2D eigenvalue weighted by Gasteiger charge is -2.16. The molecule has 0 aliphatic rings. The molecule has 0 radical (unpaired) electrons. The molecule has 1 aromatic heterocycles. The Kier molecular flexibility index (Phi) is 3.58. The maximum absolute atomic E-state index is 5.48. The topological polar surface area (TPSA) is 51.8 Å². The van der Waals surface area contributed by atoms with Gasteiger partial charge in [-0.2, -0.15) is 0 Å². The molecule has 0 amide bonds. The zero-order valence-corrected chi connectivity index (χ0v) is 9.25. The molecule has 0 saturated heterocycles. The average Bonchev–Trinajstić information content (AvgIpc) is 2.02. The molecular formula is C11H19N3. The Morgan fingerprint density at radius 1 is 1.36 bits per heavy atom. The molecule has 0 aromatic carbocycles. The van der Waals surface area contributed by atoms with E-state index in [2.05, 4.69) is 30.7 Å². The van der Waals surface area contributed by atoms with Crippen LogP contribution in [0.25, 0.3) is 0 Å². The van der Waals surface area contributed by atoms with Crippen molar-refractivity contribution < 1.29 is 0 Å². The molecule has 14 heavy (non-hydrogen) atoms. The summed E-state index contributed by atoms with van der Waals surface area (Å²) in [5.74, 6) is 0.920. The maximum atomic E-state index is 5.48. The summed E-state index contributed by atoms with van der Waals surface area (Å²) in [5, 5.41) is 0. The third kappa shape index (κ3) is 3.83. The van der Waals surface area contributed by atoms with Crippen molar-refractivity contribution in [2.75, 3.05) is 6.54 Å². The van der Waals surface area contributed by atoms with Crippen molar-refractivity contribution >= 4 is 0 Å². The van der Waals surface area contributed by atoms with Gasteiger partial charge in [0.25, 0.3) is 0 Å². The fraction of sp³-hybridized carbons (Fsp3) is 0.636. The predicted octanol–water partition coefficient (Wildman–Crippen LogP) is 1.57. The number of rotatable bonds is 3. The number of nitrogens with two attached hydrogens (primary N) is 1. The Labute approximate surface area is 85.8 Å². The van der Waals surface area contributed by atoms with Gasteiger partial charge in [0.15, 0.2) is 0 Å². The van der Waals surface area contributed by atoms with E-state index in [1.165, 1.54) is 0 Å². The highest BCUT2D eigenvalue weighted by Gasteiger charge is 2.13. The first-order chi connectivity index (χ1) is 6.51. The molecule has 0 atom stereocenters. The van der Waals surface area contributed by atoms with Gasteiger partial charge in [-0.05, 0) is 18.0 Å². The second kappa shape index (κ2) is 4.51. The summed E-state index contributed by atoms with van der Waals surface area (Å²) in [6, 6.07) is 1.93. The molecule has 0 spiro atoms. The van der Waals surface area contributed by atoms with Crippen molar-refractivity contribution in [1.82, 2.24) is 9.97 Å². The second-order valence-corrected chi connectivity index (χ2v) is 4.74. The molecule has 0 aliphatic carbocycles. The maximum Gasteiger partial charge on any atom is 0.129 e. The van der Waals surface area contributed by atoms with Crippen molar-refractivity contribution in [3.8, 4) is 0 Å². The molecule has 1 rings (SSSR count). The van der Waals surface area contributed by atoms with Crippen molar-refractivity contribution in [2.24, 2.45) is 11.1 Å². The molecule has 78 valence electrons. The van der Waals surface area contributed by atoms with Crippen molar-refractivity contribution in [1.29, 1.82) is 0 Å². The van der Waals surface area contributed by atoms with Crippen LogP contribution in [0.5, 0.6) is 0 Å². The fourth-order valence-electron chi connectivity index (χ4n) is 1.29. The van der Waals surface area contributed by atoms with Crippen molar-refractivity contribution in [3.05, 3.63) is 23.8 Å². The van der Waals surface area contributed by atoms with Crippen LogP contribution in [0.4, 0.5) is 0 Å². The Morgan fingerprint density at radius 3 is 2.64 bits per heavy atom. The number of hydrogen-bond acceptors (Lipinski definition) is 3. The molecule has 3 heteroatoms. The SMILES string of the molecule is CC(C)(C)Cc1nccc(CCN)n1. The van der Waals surface area contributed by atoms with Crippen LogP contribution in [-0.4, -0.2) is 16.5 Å². The van der Waals surface area contributed by atoms with E-state index in [1.807, 2.05) is 12.3 Å². The van der Waals surface area contributed by atoms with E-state index in [0.717, 1.165) is 24.4 Å². The Balaban J connectivity index is 2.73. The molecule has 1 heterocycles. The first kappa shape index (κ1) is 11.1. The smallest absolute Gasteiger partial charge is 0.129 e. The minimum absolute atomic E-state index is 0.237. The van der Waals surface area contributed by atoms with Gasteiger partial charge in [0, 0.05) is 24.7 Å². The second-order valence-electron chi connectivity index (χ2n) is 4.74. The number of hydrogen-bond donors (Lipinski definition) is 1. The van der Waals surface area contributed by atoms with Gasteiger partial charge in [-0.25, -0.2) is 9.97 Å². The standard InChI is InChI=1S/C11H19N3/c1-11(2,3)8-10-13-7-5-9(14-10)4-6-12/h5,7H,4,6,8,12H2,1-3H3. The van der Waals surface area contributed by atoms with Crippen LogP contribution in [-0.2, 0) is 12.8 Å². The van der Waals surface area contributed by atoms with E-state index < -0.39 is 0 Å². The zero-order valence-electron chi connectivity index (χ0n) is 9.25. The van der Waals surface area contributed by atoms with Gasteiger partial charge in [0.05, 0.1) is 0 Å². The molecule has 1 aromatic rings. The summed E-state index contributed by atoms with van der Waals surface area (Å²) < 4.78 is 0. The first-order valence-corrected chi connectivity index (χ1v) is 5.02. The fourth-order valence-corrected chi connectivity index (χ4v) is 1.29. The lowest BCUT2D eigenvalue weighted by atomic mass is 9.92. The zero-order chi connectivity index (χ0) is 10.6. The number of aromatic nitrogens is 2. The summed E-state index contributed by atoms with van der Waals surface area (Å²) in [4.78, 5) is 8.71. The highest BCUT2D eigenvalue weighted by molar-refractivity contribution is 5.03. The lowest BCUT2D eigenvalue weighted by molar-refractivity contribution is 0.400. The summed E-state index contributed by atoms with van der Waals surface area (Å²) in [5.41, 5.74) is 6.76. The normalized spacial score (nSPS) is 11.7. The van der Waals surface area contributed by atoms with E-state index >= 15 is 0 Å². The molecule has 3 nitrogen and oxygen atoms in total. The largest absolute Gasteiger partial charge is 0.330 e. The van der Waals surface area contributed by atoms with Gasteiger partial charge in [0.1, 0.15) is 5.82 Å². The average molecular weight is 193 g/mol. The van der Waals surface area contributed by atoms with Gasteiger partial charge in [0.2, 0.25) is 0 Å². The molecule has 0 saturated carbocycles. The van der Waals surface area contributed by atoms with Gasteiger partial charge in [-0.15, -0.1) is 0 Å². The van der Waals surface area contributed by atoms with Gasteiger partial charge in [-0.1, -0.05) is 20.8 Å². The van der Waals surface area contributed by atoms with Crippen LogP contribution in [0.15, 0.2) is 12.3 Å². The highest BCUT2D eigenvalue weighted by atomic mass is 14.9. The van der Waals surface area contributed by atoms with E-state index in [0.29, 0.717) is 6.54 Å². The molecule has 0 bridgehead atoms. The Hall–Kier alpha value is -0.960. The third-order valence-corrected chi connectivity index (χ3v) is 1.85. The molecule has 0 unspecified atom stereocenters. The van der Waals surface area contributed by atoms with Crippen molar-refractivity contribution in [3.63, 3.8) is 0 Å². The first-order valence-electron chi connectivity index (χ1n) is 5.02. The molecule has 2 N–H and O–H groups in total. The Morgan fingerprint density at radius 2 is 2.07 bits per heavy atom. The minimum atomic E-state index is 0.237. The lowest BCUT2D eigenvalue weighted by Crippen LogP contribution is -2.13. The predicted molar refractivity (Wildman–Crippen MR) is 57.9 cm³/mol.